The van der Waals surface area contributed by atoms with Crippen molar-refractivity contribution >= 4 is 27.6 Å². The summed E-state index contributed by atoms with van der Waals surface area (Å²) in [4.78, 5) is 28.2. The third kappa shape index (κ3) is 2.77. The Morgan fingerprint density at radius 2 is 1.95 bits per heavy atom. The van der Waals surface area contributed by atoms with Crippen molar-refractivity contribution in [1.29, 1.82) is 0 Å². The molecule has 8 nitrogen and oxygen atoms in total. The average molecular weight is 304 g/mol. The number of nitrogens with two attached hydrogens (primary N) is 2. The van der Waals surface area contributed by atoms with Crippen molar-refractivity contribution < 1.29 is 18.0 Å². The second kappa shape index (κ2) is 5.78. The number of carbonyl (C=O) groups excluding carboxylic acids is 2. The topological polar surface area (TPSA) is 136 Å². The minimum Gasteiger partial charge on any atom is -0.370 e. The Balaban J connectivity index is 3.21. The number of amides is 2. The van der Waals surface area contributed by atoms with E-state index in [1.54, 1.807) is 6.92 Å². The van der Waals surface area contributed by atoms with E-state index in [1.807, 2.05) is 0 Å². The first-order valence-electron chi connectivity index (χ1n) is 6.31. The van der Waals surface area contributed by atoms with Gasteiger partial charge in [0, 0.05) is 12.7 Å². The predicted molar refractivity (Wildman–Crippen MR) is 74.2 cm³/mol. The van der Waals surface area contributed by atoms with Crippen molar-refractivity contribution in [3.8, 4) is 0 Å². The summed E-state index contributed by atoms with van der Waals surface area (Å²) in [5, 5.41) is -1.18. The standard InChI is InChI=1S/C11H20N4O4S/c1-4-7(14-11(12)13)8-9(17)15(6(3)16)10(8)20(18,19)5-2/h7-8,10H,4-5H2,1-3H3,(H4,12,13,14)/t7?,8-,10+/m0/s1. The Morgan fingerprint density at radius 3 is 2.30 bits per heavy atom. The summed E-state index contributed by atoms with van der Waals surface area (Å²) in [5.74, 6) is -2.41. The van der Waals surface area contributed by atoms with E-state index >= 15 is 0 Å². The Bertz CT molecular complexity index is 539. The first-order valence-corrected chi connectivity index (χ1v) is 8.02. The molecule has 1 aliphatic heterocycles. The normalized spacial score (nSPS) is 23.9. The lowest BCUT2D eigenvalue weighted by Gasteiger charge is -2.46. The molecule has 2 amide bonds. The van der Waals surface area contributed by atoms with E-state index in [9.17, 15) is 18.0 Å². The van der Waals surface area contributed by atoms with Crippen molar-refractivity contribution in [1.82, 2.24) is 4.90 Å². The molecule has 0 spiro atoms. The minimum atomic E-state index is -3.60. The predicted octanol–water partition coefficient (Wildman–Crippen LogP) is -1.20. The highest BCUT2D eigenvalue weighted by molar-refractivity contribution is 7.92. The molecule has 1 aliphatic rings. The molecule has 1 heterocycles. The molecule has 3 atom stereocenters. The van der Waals surface area contributed by atoms with Gasteiger partial charge < -0.3 is 11.5 Å². The zero-order valence-electron chi connectivity index (χ0n) is 11.7. The van der Waals surface area contributed by atoms with Crippen LogP contribution in [0.25, 0.3) is 0 Å². The van der Waals surface area contributed by atoms with Gasteiger partial charge >= 0.3 is 0 Å². The van der Waals surface area contributed by atoms with Gasteiger partial charge in [-0.1, -0.05) is 13.8 Å². The average Bonchev–Trinajstić information content (AvgIpc) is 2.33. The van der Waals surface area contributed by atoms with Crippen molar-refractivity contribution in [2.24, 2.45) is 22.4 Å². The fourth-order valence-electron chi connectivity index (χ4n) is 2.35. The van der Waals surface area contributed by atoms with Crippen LogP contribution in [0.2, 0.25) is 0 Å². The highest BCUT2D eigenvalue weighted by Crippen LogP contribution is 2.36. The molecule has 0 aliphatic carbocycles. The number of aliphatic imine (C=N–C) groups is 1. The number of β-lactam (4-membered cyclic amide) rings is 1. The number of likely N-dealkylation sites (tertiary alicyclic amines) is 1. The van der Waals surface area contributed by atoms with Crippen LogP contribution in [0.5, 0.6) is 0 Å². The molecule has 0 radical (unpaired) electrons. The van der Waals surface area contributed by atoms with E-state index in [2.05, 4.69) is 4.99 Å². The second-order valence-corrected chi connectivity index (χ2v) is 7.01. The Labute approximate surface area is 118 Å². The Morgan fingerprint density at radius 1 is 1.40 bits per heavy atom. The van der Waals surface area contributed by atoms with Gasteiger partial charge in [-0.3, -0.25) is 14.5 Å². The van der Waals surface area contributed by atoms with E-state index in [0.29, 0.717) is 6.42 Å². The molecule has 1 unspecified atom stereocenters. The van der Waals surface area contributed by atoms with E-state index in [-0.39, 0.29) is 11.7 Å². The van der Waals surface area contributed by atoms with Gasteiger partial charge in [-0.25, -0.2) is 13.4 Å². The molecule has 1 saturated heterocycles. The van der Waals surface area contributed by atoms with Gasteiger partial charge in [0.15, 0.2) is 21.2 Å². The van der Waals surface area contributed by atoms with E-state index < -0.39 is 39.0 Å². The van der Waals surface area contributed by atoms with Crippen LogP contribution in [0.3, 0.4) is 0 Å². The van der Waals surface area contributed by atoms with Gasteiger partial charge in [0.1, 0.15) is 0 Å². The number of hydrogen-bond acceptors (Lipinski definition) is 5. The van der Waals surface area contributed by atoms with Crippen LogP contribution in [-0.4, -0.2) is 48.3 Å². The molecule has 4 N–H and O–H groups in total. The van der Waals surface area contributed by atoms with E-state index in [4.69, 9.17) is 11.5 Å². The number of carbonyl (C=O) groups is 2. The van der Waals surface area contributed by atoms with Crippen molar-refractivity contribution in [3.63, 3.8) is 0 Å². The quantitative estimate of drug-likeness (QED) is 0.372. The van der Waals surface area contributed by atoms with Crippen LogP contribution >= 0.6 is 0 Å². The summed E-state index contributed by atoms with van der Waals surface area (Å²) in [6.45, 7) is 4.37. The van der Waals surface area contributed by atoms with Crippen molar-refractivity contribution in [3.05, 3.63) is 0 Å². The van der Waals surface area contributed by atoms with Gasteiger partial charge in [0.2, 0.25) is 11.8 Å². The van der Waals surface area contributed by atoms with E-state index in [0.717, 1.165) is 11.8 Å². The van der Waals surface area contributed by atoms with Crippen LogP contribution in [0.4, 0.5) is 0 Å². The number of sulfone groups is 1. The van der Waals surface area contributed by atoms with Crippen LogP contribution in [0.1, 0.15) is 27.2 Å². The lowest BCUT2D eigenvalue weighted by molar-refractivity contribution is -0.161. The number of nitrogens with zero attached hydrogens (tertiary/aromatic N) is 2. The maximum atomic E-state index is 12.1. The minimum absolute atomic E-state index is 0.163. The molecule has 1 fully saturated rings. The SMILES string of the molecule is CCC(N=C(N)N)[C@H]1C(=O)N(C(C)=O)[C@@H]1S(=O)(=O)CC. The molecule has 0 aromatic rings. The molecule has 0 bridgehead atoms. The smallest absolute Gasteiger partial charge is 0.238 e. The highest BCUT2D eigenvalue weighted by Gasteiger charge is 2.58. The number of guanidine groups is 1. The summed E-state index contributed by atoms with van der Waals surface area (Å²) < 4.78 is 24.2. The molecular formula is C11H20N4O4S. The zero-order valence-corrected chi connectivity index (χ0v) is 12.6. The summed E-state index contributed by atoms with van der Waals surface area (Å²) in [6, 6.07) is -0.644. The third-order valence-electron chi connectivity index (χ3n) is 3.34. The van der Waals surface area contributed by atoms with Crippen LogP contribution in [0.15, 0.2) is 4.99 Å². The molecule has 0 saturated carbocycles. The third-order valence-corrected chi connectivity index (χ3v) is 5.39. The van der Waals surface area contributed by atoms with Gasteiger partial charge in [0.25, 0.3) is 0 Å². The van der Waals surface area contributed by atoms with Crippen LogP contribution in [0, 0.1) is 5.92 Å². The summed E-state index contributed by atoms with van der Waals surface area (Å²) >= 11 is 0. The fraction of sp³-hybridized carbons (Fsp3) is 0.727. The summed E-state index contributed by atoms with van der Waals surface area (Å²) in [6.07, 6.45) is 0.399. The molecule has 9 heteroatoms. The Hall–Kier alpha value is -1.64. The monoisotopic (exact) mass is 304 g/mol. The van der Waals surface area contributed by atoms with Gasteiger partial charge in [-0.2, -0.15) is 0 Å². The second-order valence-electron chi connectivity index (χ2n) is 4.62. The summed E-state index contributed by atoms with van der Waals surface area (Å²) in [7, 11) is -3.60. The van der Waals surface area contributed by atoms with Crippen molar-refractivity contribution in [2.75, 3.05) is 5.75 Å². The van der Waals surface area contributed by atoms with Crippen LogP contribution in [-0.2, 0) is 19.4 Å². The molecule has 0 aromatic carbocycles. The molecule has 1 rings (SSSR count). The van der Waals surface area contributed by atoms with Crippen LogP contribution < -0.4 is 11.5 Å². The first kappa shape index (κ1) is 16.4. The molecule has 114 valence electrons. The van der Waals surface area contributed by atoms with Gasteiger partial charge in [-0.05, 0) is 6.42 Å². The fourth-order valence-corrected chi connectivity index (χ4v) is 4.01. The van der Waals surface area contributed by atoms with Crippen molar-refractivity contribution in [2.45, 2.75) is 38.6 Å². The highest BCUT2D eigenvalue weighted by atomic mass is 32.2. The number of imide groups is 1. The molecule has 0 aromatic heterocycles. The lowest BCUT2D eigenvalue weighted by atomic mass is 9.88. The maximum Gasteiger partial charge on any atom is 0.238 e. The largest absolute Gasteiger partial charge is 0.370 e. The molecular weight excluding hydrogens is 284 g/mol. The van der Waals surface area contributed by atoms with E-state index in [1.165, 1.54) is 6.92 Å². The lowest BCUT2D eigenvalue weighted by Crippen LogP contribution is -2.68. The number of rotatable bonds is 5. The first-order chi connectivity index (χ1) is 9.17. The summed E-state index contributed by atoms with van der Waals surface area (Å²) in [5.41, 5.74) is 10.6. The molecule has 20 heavy (non-hydrogen) atoms. The number of hydrogen-bond donors (Lipinski definition) is 2. The maximum absolute atomic E-state index is 12.1. The Kier molecular flexibility index (Phi) is 4.74. The zero-order chi connectivity index (χ0) is 15.7. The van der Waals surface area contributed by atoms with Gasteiger partial charge in [-0.15, -0.1) is 0 Å². The van der Waals surface area contributed by atoms with Gasteiger partial charge in [0.05, 0.1) is 12.0 Å².